The number of nitriles is 1. The number of hydrogen-bond donors (Lipinski definition) is 0. The van der Waals surface area contributed by atoms with Crippen LogP contribution in [0.25, 0.3) is 0 Å². The van der Waals surface area contributed by atoms with Gasteiger partial charge in [0.05, 0.1) is 19.6 Å². The fourth-order valence-corrected chi connectivity index (χ4v) is 5.91. The molecule has 170 valence electrons. The molecule has 3 rings (SSSR count). The molecule has 0 saturated carbocycles. The first kappa shape index (κ1) is 23.5. The van der Waals surface area contributed by atoms with Crippen molar-refractivity contribution >= 4 is 15.9 Å². The van der Waals surface area contributed by atoms with Crippen molar-refractivity contribution in [3.05, 3.63) is 23.8 Å². The first-order chi connectivity index (χ1) is 15.0. The van der Waals surface area contributed by atoms with E-state index < -0.39 is 10.0 Å². The van der Waals surface area contributed by atoms with Crippen molar-refractivity contribution in [1.29, 1.82) is 5.26 Å². The summed E-state index contributed by atoms with van der Waals surface area (Å²) in [6.07, 6.45) is 5.30. The summed E-state index contributed by atoms with van der Waals surface area (Å²) >= 11 is 0. The van der Waals surface area contributed by atoms with Crippen molar-refractivity contribution in [1.82, 2.24) is 9.21 Å². The van der Waals surface area contributed by atoms with Gasteiger partial charge in [0.2, 0.25) is 10.0 Å². The lowest BCUT2D eigenvalue weighted by molar-refractivity contribution is 0.0296. The molecule has 2 heterocycles. The van der Waals surface area contributed by atoms with Crippen LogP contribution < -0.4 is 4.74 Å². The zero-order valence-corrected chi connectivity index (χ0v) is 18.9. The van der Waals surface area contributed by atoms with Crippen LogP contribution in [0.4, 0.5) is 0 Å². The molecule has 0 radical (unpaired) electrons. The van der Waals surface area contributed by atoms with E-state index in [0.717, 1.165) is 25.7 Å². The molecule has 0 aromatic heterocycles. The molecule has 0 unspecified atom stereocenters. The Morgan fingerprint density at radius 2 is 1.90 bits per heavy atom. The van der Waals surface area contributed by atoms with Crippen LogP contribution in [0.3, 0.4) is 0 Å². The van der Waals surface area contributed by atoms with Gasteiger partial charge in [-0.1, -0.05) is 12.8 Å². The Kier molecular flexibility index (Phi) is 8.29. The lowest BCUT2D eigenvalue weighted by Gasteiger charge is -2.34. The van der Waals surface area contributed by atoms with Crippen molar-refractivity contribution in [2.24, 2.45) is 0 Å². The molecule has 2 saturated heterocycles. The maximum Gasteiger partial charge on any atom is 0.254 e. The zero-order chi connectivity index (χ0) is 22.3. The lowest BCUT2D eigenvalue weighted by Crippen LogP contribution is -2.44. The molecule has 8 nitrogen and oxygen atoms in total. The summed E-state index contributed by atoms with van der Waals surface area (Å²) in [4.78, 5) is 15.1. The van der Waals surface area contributed by atoms with Crippen LogP contribution in [0.15, 0.2) is 23.1 Å². The predicted octanol–water partition coefficient (Wildman–Crippen LogP) is 2.79. The van der Waals surface area contributed by atoms with Gasteiger partial charge >= 0.3 is 0 Å². The molecular formula is C22H31N3O5S. The van der Waals surface area contributed by atoms with E-state index >= 15 is 0 Å². The van der Waals surface area contributed by atoms with Crippen LogP contribution >= 0.6 is 0 Å². The van der Waals surface area contributed by atoms with E-state index in [1.54, 1.807) is 17.0 Å². The maximum atomic E-state index is 13.4. The number of carbonyl (C=O) groups excluding carboxylic acids is 1. The molecule has 2 fully saturated rings. The Balaban J connectivity index is 1.93. The van der Waals surface area contributed by atoms with Crippen LogP contribution in [0, 0.1) is 11.3 Å². The number of benzene rings is 1. The monoisotopic (exact) mass is 449 g/mol. The predicted molar refractivity (Wildman–Crippen MR) is 115 cm³/mol. The quantitative estimate of drug-likeness (QED) is 0.635. The third kappa shape index (κ3) is 5.56. The van der Waals surface area contributed by atoms with Gasteiger partial charge in [-0.3, -0.25) is 4.79 Å². The molecule has 0 bridgehead atoms. The van der Waals surface area contributed by atoms with Crippen molar-refractivity contribution in [3.63, 3.8) is 0 Å². The van der Waals surface area contributed by atoms with Gasteiger partial charge in [0.15, 0.2) is 0 Å². The average molecular weight is 450 g/mol. The summed E-state index contributed by atoms with van der Waals surface area (Å²) in [5.41, 5.74) is 0.290. The molecule has 1 aromatic carbocycles. The van der Waals surface area contributed by atoms with E-state index in [4.69, 9.17) is 14.7 Å². The minimum atomic E-state index is -3.79. The number of methoxy groups -OCH3 is 1. The second-order valence-electron chi connectivity index (χ2n) is 7.93. The van der Waals surface area contributed by atoms with E-state index in [2.05, 4.69) is 6.07 Å². The SMILES string of the molecule is COc1ccc(C(=O)N(CCC#N)C2CCOCC2)cc1S(=O)(=O)N1CCCCCC1. The molecule has 1 aromatic rings. The minimum Gasteiger partial charge on any atom is -0.495 e. The van der Waals surface area contributed by atoms with Gasteiger partial charge in [0.25, 0.3) is 5.91 Å². The van der Waals surface area contributed by atoms with Crippen LogP contribution in [0.5, 0.6) is 5.75 Å². The van der Waals surface area contributed by atoms with E-state index in [1.165, 1.54) is 17.5 Å². The van der Waals surface area contributed by atoms with E-state index in [1.807, 2.05) is 0 Å². The van der Waals surface area contributed by atoms with Crippen LogP contribution in [0.1, 0.15) is 55.3 Å². The van der Waals surface area contributed by atoms with Gasteiger partial charge in [-0.15, -0.1) is 0 Å². The standard InChI is InChI=1S/C22H31N3O5S/c1-29-20-8-7-18(17-21(20)31(27,28)24-12-4-2-3-5-13-24)22(26)25(14-6-11-23)19-9-15-30-16-10-19/h7-8,17,19H,2-6,9-10,12-16H2,1H3. The molecule has 2 aliphatic rings. The zero-order valence-electron chi connectivity index (χ0n) is 18.1. The Morgan fingerprint density at radius 3 is 2.52 bits per heavy atom. The van der Waals surface area contributed by atoms with Crippen LogP contribution in [0.2, 0.25) is 0 Å². The highest BCUT2D eigenvalue weighted by Crippen LogP contribution is 2.30. The van der Waals surface area contributed by atoms with Gasteiger partial charge in [0.1, 0.15) is 10.6 Å². The molecule has 0 spiro atoms. The van der Waals surface area contributed by atoms with Gasteiger partial charge in [-0.05, 0) is 43.9 Å². The Labute approximate surface area is 184 Å². The summed E-state index contributed by atoms with van der Waals surface area (Å²) in [6.45, 7) is 2.39. The Bertz CT molecular complexity index is 898. The number of rotatable bonds is 7. The molecule has 0 atom stereocenters. The van der Waals surface area contributed by atoms with Crippen molar-refractivity contribution in [2.45, 2.75) is 55.9 Å². The van der Waals surface area contributed by atoms with Crippen LogP contribution in [-0.2, 0) is 14.8 Å². The average Bonchev–Trinajstić information content (AvgIpc) is 3.10. The highest BCUT2D eigenvalue weighted by Gasteiger charge is 2.31. The summed E-state index contributed by atoms with van der Waals surface area (Å²) in [7, 11) is -2.36. The largest absolute Gasteiger partial charge is 0.495 e. The molecule has 0 aliphatic carbocycles. The number of hydrogen-bond acceptors (Lipinski definition) is 6. The molecular weight excluding hydrogens is 418 g/mol. The molecule has 0 N–H and O–H groups in total. The second-order valence-corrected chi connectivity index (χ2v) is 9.84. The fourth-order valence-electron chi connectivity index (χ4n) is 4.22. The van der Waals surface area contributed by atoms with Gasteiger partial charge in [-0.25, -0.2) is 8.42 Å². The first-order valence-corrected chi connectivity index (χ1v) is 12.4. The Morgan fingerprint density at radius 1 is 1.23 bits per heavy atom. The van der Waals surface area contributed by atoms with E-state index in [-0.39, 0.29) is 29.0 Å². The number of carbonyl (C=O) groups is 1. The number of sulfonamides is 1. The highest BCUT2D eigenvalue weighted by atomic mass is 32.2. The second kappa shape index (κ2) is 10.9. The van der Waals surface area contributed by atoms with E-state index in [9.17, 15) is 13.2 Å². The molecule has 31 heavy (non-hydrogen) atoms. The maximum absolute atomic E-state index is 13.4. The van der Waals surface area contributed by atoms with Crippen molar-refractivity contribution in [3.8, 4) is 11.8 Å². The van der Waals surface area contributed by atoms with Gasteiger partial charge < -0.3 is 14.4 Å². The summed E-state index contributed by atoms with van der Waals surface area (Å²) in [5, 5.41) is 9.04. The van der Waals surface area contributed by atoms with Crippen LogP contribution in [-0.4, -0.2) is 69.5 Å². The number of amides is 1. The molecule has 2 aliphatic heterocycles. The Hall–Kier alpha value is -2.15. The normalized spacial score (nSPS) is 18.7. The summed E-state index contributed by atoms with van der Waals surface area (Å²) in [5.74, 6) is -0.0347. The smallest absolute Gasteiger partial charge is 0.254 e. The highest BCUT2D eigenvalue weighted by molar-refractivity contribution is 7.89. The lowest BCUT2D eigenvalue weighted by atomic mass is 10.0. The molecule has 1 amide bonds. The number of nitrogens with zero attached hydrogens (tertiary/aromatic N) is 3. The fraction of sp³-hybridized carbons (Fsp3) is 0.636. The van der Waals surface area contributed by atoms with E-state index in [0.29, 0.717) is 51.3 Å². The van der Waals surface area contributed by atoms with Crippen molar-refractivity contribution < 1.29 is 22.7 Å². The topological polar surface area (TPSA) is 99.9 Å². The third-order valence-corrected chi connectivity index (χ3v) is 7.87. The number of ether oxygens (including phenoxy) is 2. The van der Waals surface area contributed by atoms with Gasteiger partial charge in [-0.2, -0.15) is 9.57 Å². The summed E-state index contributed by atoms with van der Waals surface area (Å²) < 4.78 is 39.0. The van der Waals surface area contributed by atoms with Gasteiger partial charge in [0, 0.05) is 44.5 Å². The molecule has 9 heteroatoms. The summed E-state index contributed by atoms with van der Waals surface area (Å²) in [6, 6.07) is 6.65. The third-order valence-electron chi connectivity index (χ3n) is 5.95. The van der Waals surface area contributed by atoms with Crippen molar-refractivity contribution in [2.75, 3.05) is 40.0 Å². The minimum absolute atomic E-state index is 0.0231. The first-order valence-electron chi connectivity index (χ1n) is 10.9.